The SMILES string of the molecule is CC(C)(C)OC(=O)C1CCC[C@H](O)C1. The molecule has 0 aromatic heterocycles. The highest BCUT2D eigenvalue weighted by Gasteiger charge is 2.29. The standard InChI is InChI=1S/C11H20O3/c1-11(2,3)14-10(13)8-5-4-6-9(12)7-8/h8-9,12H,4-7H2,1-3H3/t8?,9-/m0/s1. The fraction of sp³-hybridized carbons (Fsp3) is 0.909. The Morgan fingerprint density at radius 1 is 1.36 bits per heavy atom. The summed E-state index contributed by atoms with van der Waals surface area (Å²) in [6.45, 7) is 5.60. The molecule has 0 saturated heterocycles. The largest absolute Gasteiger partial charge is 0.460 e. The van der Waals surface area contributed by atoms with Crippen molar-refractivity contribution >= 4 is 5.97 Å². The van der Waals surface area contributed by atoms with E-state index < -0.39 is 5.60 Å². The first-order valence-corrected chi connectivity index (χ1v) is 5.29. The quantitative estimate of drug-likeness (QED) is 0.657. The molecule has 82 valence electrons. The van der Waals surface area contributed by atoms with Gasteiger partial charge in [-0.1, -0.05) is 6.42 Å². The van der Waals surface area contributed by atoms with Gasteiger partial charge in [0.25, 0.3) is 0 Å². The van der Waals surface area contributed by atoms with Gasteiger partial charge in [-0.05, 0) is 40.0 Å². The Hall–Kier alpha value is -0.570. The predicted molar refractivity (Wildman–Crippen MR) is 53.8 cm³/mol. The summed E-state index contributed by atoms with van der Waals surface area (Å²) >= 11 is 0. The molecule has 0 amide bonds. The molecule has 0 radical (unpaired) electrons. The van der Waals surface area contributed by atoms with Crippen molar-refractivity contribution in [1.29, 1.82) is 0 Å². The fourth-order valence-electron chi connectivity index (χ4n) is 1.76. The van der Waals surface area contributed by atoms with Crippen LogP contribution in [0.2, 0.25) is 0 Å². The van der Waals surface area contributed by atoms with Gasteiger partial charge in [0.15, 0.2) is 0 Å². The number of rotatable bonds is 1. The summed E-state index contributed by atoms with van der Waals surface area (Å²) in [5.41, 5.74) is -0.417. The molecule has 1 aliphatic carbocycles. The van der Waals surface area contributed by atoms with Crippen LogP contribution in [0.25, 0.3) is 0 Å². The molecule has 1 N–H and O–H groups in total. The number of aliphatic hydroxyl groups is 1. The van der Waals surface area contributed by atoms with E-state index in [0.29, 0.717) is 6.42 Å². The highest BCUT2D eigenvalue weighted by atomic mass is 16.6. The third-order valence-corrected chi connectivity index (χ3v) is 2.39. The van der Waals surface area contributed by atoms with E-state index in [9.17, 15) is 9.90 Å². The third kappa shape index (κ3) is 3.66. The first-order chi connectivity index (χ1) is 6.38. The minimum absolute atomic E-state index is 0.0991. The summed E-state index contributed by atoms with van der Waals surface area (Å²) in [4.78, 5) is 11.6. The monoisotopic (exact) mass is 200 g/mol. The Kier molecular flexibility index (Phi) is 3.53. The lowest BCUT2D eigenvalue weighted by atomic mass is 9.87. The average Bonchev–Trinajstić information content (AvgIpc) is 2.01. The van der Waals surface area contributed by atoms with Gasteiger partial charge < -0.3 is 9.84 Å². The molecule has 0 bridgehead atoms. The number of esters is 1. The molecule has 0 aromatic carbocycles. The lowest BCUT2D eigenvalue weighted by molar-refractivity contribution is -0.162. The minimum Gasteiger partial charge on any atom is -0.460 e. The first kappa shape index (κ1) is 11.5. The van der Waals surface area contributed by atoms with Crippen LogP contribution in [0.15, 0.2) is 0 Å². The minimum atomic E-state index is -0.417. The normalized spacial score (nSPS) is 28.6. The second-order valence-corrected chi connectivity index (χ2v) is 5.05. The van der Waals surface area contributed by atoms with Crippen LogP contribution in [0.4, 0.5) is 0 Å². The van der Waals surface area contributed by atoms with E-state index in [-0.39, 0.29) is 18.0 Å². The zero-order valence-corrected chi connectivity index (χ0v) is 9.25. The molecule has 2 atom stereocenters. The van der Waals surface area contributed by atoms with Gasteiger partial charge in [-0.25, -0.2) is 0 Å². The van der Waals surface area contributed by atoms with Crippen LogP contribution in [-0.4, -0.2) is 22.8 Å². The summed E-state index contributed by atoms with van der Waals surface area (Å²) in [5.74, 6) is -0.255. The third-order valence-electron chi connectivity index (χ3n) is 2.39. The molecule has 1 aliphatic rings. The highest BCUT2D eigenvalue weighted by Crippen LogP contribution is 2.26. The second kappa shape index (κ2) is 4.30. The van der Waals surface area contributed by atoms with Gasteiger partial charge in [0.05, 0.1) is 12.0 Å². The Morgan fingerprint density at radius 2 is 2.00 bits per heavy atom. The van der Waals surface area contributed by atoms with Crippen molar-refractivity contribution in [2.75, 3.05) is 0 Å². The van der Waals surface area contributed by atoms with Gasteiger partial charge in [-0.15, -0.1) is 0 Å². The lowest BCUT2D eigenvalue weighted by Crippen LogP contribution is -2.32. The van der Waals surface area contributed by atoms with Gasteiger partial charge in [-0.2, -0.15) is 0 Å². The van der Waals surface area contributed by atoms with E-state index in [0.717, 1.165) is 19.3 Å². The molecule has 3 nitrogen and oxygen atoms in total. The van der Waals surface area contributed by atoms with E-state index >= 15 is 0 Å². The molecule has 1 fully saturated rings. The molecule has 0 aliphatic heterocycles. The molecule has 0 spiro atoms. The molecule has 1 unspecified atom stereocenters. The molecule has 14 heavy (non-hydrogen) atoms. The van der Waals surface area contributed by atoms with Crippen molar-refractivity contribution in [2.45, 2.75) is 58.2 Å². The number of carbonyl (C=O) groups is 1. The molecule has 3 heteroatoms. The van der Waals surface area contributed by atoms with Crippen molar-refractivity contribution in [3.05, 3.63) is 0 Å². The maximum atomic E-state index is 11.6. The highest BCUT2D eigenvalue weighted by molar-refractivity contribution is 5.73. The molecule has 0 aromatic rings. The summed E-state index contributed by atoms with van der Waals surface area (Å²) in [6, 6.07) is 0. The van der Waals surface area contributed by atoms with Crippen molar-refractivity contribution in [3.8, 4) is 0 Å². The maximum Gasteiger partial charge on any atom is 0.309 e. The van der Waals surface area contributed by atoms with Crippen LogP contribution in [0.3, 0.4) is 0 Å². The van der Waals surface area contributed by atoms with Gasteiger partial charge in [-0.3, -0.25) is 4.79 Å². The lowest BCUT2D eigenvalue weighted by Gasteiger charge is -2.28. The number of hydrogen-bond donors (Lipinski definition) is 1. The Labute approximate surface area is 85.5 Å². The van der Waals surface area contributed by atoms with Crippen LogP contribution >= 0.6 is 0 Å². The number of hydrogen-bond acceptors (Lipinski definition) is 3. The van der Waals surface area contributed by atoms with E-state index in [2.05, 4.69) is 0 Å². The van der Waals surface area contributed by atoms with Crippen LogP contribution in [0, 0.1) is 5.92 Å². The summed E-state index contributed by atoms with van der Waals surface area (Å²) in [6.07, 6.45) is 2.84. The number of carbonyl (C=O) groups excluding carboxylic acids is 1. The zero-order chi connectivity index (χ0) is 10.8. The zero-order valence-electron chi connectivity index (χ0n) is 9.25. The molecule has 0 heterocycles. The van der Waals surface area contributed by atoms with Gasteiger partial charge in [0, 0.05) is 0 Å². The Morgan fingerprint density at radius 3 is 2.50 bits per heavy atom. The maximum absolute atomic E-state index is 11.6. The van der Waals surface area contributed by atoms with Crippen LogP contribution < -0.4 is 0 Å². The molecular weight excluding hydrogens is 180 g/mol. The van der Waals surface area contributed by atoms with Crippen molar-refractivity contribution in [1.82, 2.24) is 0 Å². The first-order valence-electron chi connectivity index (χ1n) is 5.29. The van der Waals surface area contributed by atoms with Crippen molar-refractivity contribution in [3.63, 3.8) is 0 Å². The van der Waals surface area contributed by atoms with Gasteiger partial charge in [0.2, 0.25) is 0 Å². The smallest absolute Gasteiger partial charge is 0.309 e. The molecule has 1 saturated carbocycles. The topological polar surface area (TPSA) is 46.5 Å². The van der Waals surface area contributed by atoms with E-state index in [1.165, 1.54) is 0 Å². The average molecular weight is 200 g/mol. The van der Waals surface area contributed by atoms with Crippen LogP contribution in [0.1, 0.15) is 46.5 Å². The summed E-state index contributed by atoms with van der Waals surface area (Å²) in [7, 11) is 0. The van der Waals surface area contributed by atoms with E-state index in [1.54, 1.807) is 0 Å². The predicted octanol–water partition coefficient (Wildman–Crippen LogP) is 1.88. The van der Waals surface area contributed by atoms with E-state index in [1.807, 2.05) is 20.8 Å². The number of aliphatic hydroxyl groups excluding tert-OH is 1. The van der Waals surface area contributed by atoms with Crippen LogP contribution in [-0.2, 0) is 9.53 Å². The fourth-order valence-corrected chi connectivity index (χ4v) is 1.76. The van der Waals surface area contributed by atoms with E-state index in [4.69, 9.17) is 4.74 Å². The molecular formula is C11H20O3. The van der Waals surface area contributed by atoms with Crippen molar-refractivity contribution < 1.29 is 14.6 Å². The Balaban J connectivity index is 2.44. The second-order valence-electron chi connectivity index (χ2n) is 5.05. The van der Waals surface area contributed by atoms with Crippen molar-refractivity contribution in [2.24, 2.45) is 5.92 Å². The summed E-state index contributed by atoms with van der Waals surface area (Å²) < 4.78 is 5.28. The van der Waals surface area contributed by atoms with Crippen LogP contribution in [0.5, 0.6) is 0 Å². The number of ether oxygens (including phenoxy) is 1. The summed E-state index contributed by atoms with van der Waals surface area (Å²) in [5, 5.41) is 9.42. The Bertz CT molecular complexity index is 205. The van der Waals surface area contributed by atoms with Gasteiger partial charge >= 0.3 is 5.97 Å². The molecule has 1 rings (SSSR count). The van der Waals surface area contributed by atoms with Gasteiger partial charge in [0.1, 0.15) is 5.60 Å².